The van der Waals surface area contributed by atoms with Crippen molar-refractivity contribution in [2.45, 2.75) is 25.7 Å². The lowest BCUT2D eigenvalue weighted by Gasteiger charge is -2.36. The van der Waals surface area contributed by atoms with Crippen LogP contribution in [0.1, 0.15) is 37.4 Å². The molecule has 1 N–H and O–H groups in total. The maximum Gasteiger partial charge on any atom is 0.321 e. The molecule has 0 radical (unpaired) electrons. The number of carbonyl (C=O) groups is 1. The summed E-state index contributed by atoms with van der Waals surface area (Å²) >= 11 is 0. The molecule has 0 atom stereocenters. The molecule has 22 heavy (non-hydrogen) atoms. The van der Waals surface area contributed by atoms with Gasteiger partial charge in [-0.2, -0.15) is 4.98 Å². The molecule has 6 nitrogen and oxygen atoms in total. The molecule has 0 aliphatic carbocycles. The van der Waals surface area contributed by atoms with Gasteiger partial charge in [0.15, 0.2) is 5.82 Å². The third-order valence-corrected chi connectivity index (χ3v) is 3.61. The Hall–Kier alpha value is -2.44. The molecule has 1 aliphatic rings. The number of hydrogen-bond acceptors (Lipinski definition) is 4. The number of aromatic nitrogens is 2. The van der Waals surface area contributed by atoms with Crippen LogP contribution in [-0.2, 0) is 0 Å². The molecule has 0 saturated carbocycles. The van der Waals surface area contributed by atoms with Crippen molar-refractivity contribution in [3.8, 4) is 0 Å². The van der Waals surface area contributed by atoms with Gasteiger partial charge in [-0.25, -0.2) is 9.18 Å². The third-order valence-electron chi connectivity index (χ3n) is 3.61. The fourth-order valence-electron chi connectivity index (χ4n) is 2.21. The summed E-state index contributed by atoms with van der Waals surface area (Å²) < 4.78 is 18.7. The lowest BCUT2D eigenvalue weighted by atomic mass is 10.0. The van der Waals surface area contributed by atoms with E-state index in [9.17, 15) is 9.18 Å². The molecule has 1 saturated heterocycles. The minimum absolute atomic E-state index is 0.0476. The number of hydrogen-bond donors (Lipinski definition) is 1. The molecular weight excluding hydrogens is 287 g/mol. The van der Waals surface area contributed by atoms with Gasteiger partial charge in [0.05, 0.1) is 11.6 Å². The van der Waals surface area contributed by atoms with Crippen LogP contribution < -0.4 is 5.32 Å². The Morgan fingerprint density at radius 3 is 2.77 bits per heavy atom. The second-order valence-corrected chi connectivity index (χ2v) is 5.66. The van der Waals surface area contributed by atoms with E-state index in [2.05, 4.69) is 15.5 Å². The first kappa shape index (κ1) is 14.5. The highest BCUT2D eigenvalue weighted by atomic mass is 19.1. The number of urea groups is 1. The third kappa shape index (κ3) is 2.79. The maximum atomic E-state index is 13.5. The van der Waals surface area contributed by atoms with Gasteiger partial charge < -0.3 is 14.7 Å². The fraction of sp³-hybridized carbons (Fsp3) is 0.400. The van der Waals surface area contributed by atoms with Crippen LogP contribution >= 0.6 is 0 Å². The number of likely N-dealkylation sites (tertiary alicyclic amines) is 1. The van der Waals surface area contributed by atoms with E-state index in [4.69, 9.17) is 4.52 Å². The van der Waals surface area contributed by atoms with Gasteiger partial charge in [-0.3, -0.25) is 0 Å². The Kier molecular flexibility index (Phi) is 3.79. The molecule has 116 valence electrons. The van der Waals surface area contributed by atoms with E-state index >= 15 is 0 Å². The van der Waals surface area contributed by atoms with E-state index in [0.29, 0.717) is 24.8 Å². The predicted molar refractivity (Wildman–Crippen MR) is 78.1 cm³/mol. The zero-order valence-corrected chi connectivity index (χ0v) is 12.4. The number of halogens is 1. The zero-order chi connectivity index (χ0) is 15.7. The summed E-state index contributed by atoms with van der Waals surface area (Å²) in [6.45, 7) is 4.95. The average molecular weight is 304 g/mol. The maximum absolute atomic E-state index is 13.5. The Morgan fingerprint density at radius 2 is 2.14 bits per heavy atom. The minimum atomic E-state index is -0.452. The summed E-state index contributed by atoms with van der Waals surface area (Å²) in [6, 6.07) is 5.75. The van der Waals surface area contributed by atoms with Crippen molar-refractivity contribution in [2.75, 3.05) is 18.4 Å². The number of para-hydroxylation sites is 1. The van der Waals surface area contributed by atoms with Gasteiger partial charge in [-0.15, -0.1) is 0 Å². The highest BCUT2D eigenvalue weighted by molar-refractivity contribution is 5.90. The Labute approximate surface area is 127 Å². The number of nitrogens with zero attached hydrogens (tertiary/aromatic N) is 3. The van der Waals surface area contributed by atoms with Crippen molar-refractivity contribution in [1.82, 2.24) is 15.0 Å². The van der Waals surface area contributed by atoms with Gasteiger partial charge in [0.2, 0.25) is 5.89 Å². The normalized spacial score (nSPS) is 15.0. The van der Waals surface area contributed by atoms with Crippen molar-refractivity contribution in [2.24, 2.45) is 0 Å². The number of carbonyl (C=O) groups excluding carboxylic acids is 1. The van der Waals surface area contributed by atoms with E-state index < -0.39 is 5.82 Å². The fourth-order valence-corrected chi connectivity index (χ4v) is 2.21. The number of benzene rings is 1. The van der Waals surface area contributed by atoms with Crippen LogP contribution in [0.4, 0.5) is 14.9 Å². The van der Waals surface area contributed by atoms with Crippen molar-refractivity contribution in [3.05, 3.63) is 41.8 Å². The van der Waals surface area contributed by atoms with Crippen molar-refractivity contribution in [1.29, 1.82) is 0 Å². The van der Waals surface area contributed by atoms with Gasteiger partial charge in [0, 0.05) is 19.0 Å². The first-order valence-electron chi connectivity index (χ1n) is 7.18. The van der Waals surface area contributed by atoms with E-state index in [1.807, 2.05) is 13.8 Å². The highest BCUT2D eigenvalue weighted by Crippen LogP contribution is 2.27. The molecule has 0 bridgehead atoms. The van der Waals surface area contributed by atoms with E-state index in [0.717, 1.165) is 0 Å². The number of amides is 2. The van der Waals surface area contributed by atoms with E-state index in [-0.39, 0.29) is 23.6 Å². The van der Waals surface area contributed by atoms with Gasteiger partial charge in [0.25, 0.3) is 0 Å². The predicted octanol–water partition coefficient (Wildman–Crippen LogP) is 2.96. The van der Waals surface area contributed by atoms with Gasteiger partial charge in [-0.1, -0.05) is 31.1 Å². The SMILES string of the molecule is CC(C)c1noc(C2CN(C(=O)Nc3ccccc3F)C2)n1. The standard InChI is InChI=1S/C15H17FN4O2/c1-9(2)13-18-14(22-19-13)10-7-20(8-10)15(21)17-12-6-4-3-5-11(12)16/h3-6,9-10H,7-8H2,1-2H3,(H,17,21). The van der Waals surface area contributed by atoms with Crippen molar-refractivity contribution >= 4 is 11.7 Å². The largest absolute Gasteiger partial charge is 0.339 e. The molecule has 2 heterocycles. The summed E-state index contributed by atoms with van der Waals surface area (Å²) in [5.41, 5.74) is 0.177. The molecular formula is C15H17FN4O2. The molecule has 2 aromatic rings. The summed E-state index contributed by atoms with van der Waals surface area (Å²) in [5.74, 6) is 1.03. The molecule has 1 aromatic heterocycles. The average Bonchev–Trinajstić information content (AvgIpc) is 2.89. The highest BCUT2D eigenvalue weighted by Gasteiger charge is 2.36. The van der Waals surface area contributed by atoms with Crippen LogP contribution in [0.3, 0.4) is 0 Å². The van der Waals surface area contributed by atoms with Gasteiger partial charge in [0.1, 0.15) is 5.82 Å². The van der Waals surface area contributed by atoms with Crippen LogP contribution in [0.2, 0.25) is 0 Å². The molecule has 1 aliphatic heterocycles. The van der Waals surface area contributed by atoms with Crippen LogP contribution in [-0.4, -0.2) is 34.2 Å². The summed E-state index contributed by atoms with van der Waals surface area (Å²) in [4.78, 5) is 17.9. The molecule has 1 fully saturated rings. The lowest BCUT2D eigenvalue weighted by molar-refractivity contribution is 0.147. The molecule has 7 heteroatoms. The van der Waals surface area contributed by atoms with Crippen molar-refractivity contribution in [3.63, 3.8) is 0 Å². The Morgan fingerprint density at radius 1 is 1.41 bits per heavy atom. The minimum Gasteiger partial charge on any atom is -0.339 e. The first-order chi connectivity index (χ1) is 10.5. The molecule has 0 spiro atoms. The van der Waals surface area contributed by atoms with Crippen LogP contribution in [0.25, 0.3) is 0 Å². The van der Waals surface area contributed by atoms with E-state index in [1.54, 1.807) is 17.0 Å². The van der Waals surface area contributed by atoms with Crippen LogP contribution in [0.5, 0.6) is 0 Å². The smallest absolute Gasteiger partial charge is 0.321 e. The quantitative estimate of drug-likeness (QED) is 0.946. The second-order valence-electron chi connectivity index (χ2n) is 5.66. The van der Waals surface area contributed by atoms with Crippen LogP contribution in [0.15, 0.2) is 28.8 Å². The molecule has 3 rings (SSSR count). The first-order valence-corrected chi connectivity index (χ1v) is 7.18. The van der Waals surface area contributed by atoms with Gasteiger partial charge >= 0.3 is 6.03 Å². The number of rotatable bonds is 3. The second kappa shape index (κ2) is 5.75. The lowest BCUT2D eigenvalue weighted by Crippen LogP contribution is -2.50. The molecule has 1 aromatic carbocycles. The monoisotopic (exact) mass is 304 g/mol. The zero-order valence-electron chi connectivity index (χ0n) is 12.4. The molecule has 0 unspecified atom stereocenters. The summed E-state index contributed by atoms with van der Waals surface area (Å²) in [7, 11) is 0. The van der Waals surface area contributed by atoms with E-state index in [1.165, 1.54) is 12.1 Å². The number of nitrogens with one attached hydrogen (secondary N) is 1. The van der Waals surface area contributed by atoms with Crippen molar-refractivity contribution < 1.29 is 13.7 Å². The molecule has 2 amide bonds. The Balaban J connectivity index is 1.56. The topological polar surface area (TPSA) is 71.3 Å². The summed E-state index contributed by atoms with van der Waals surface area (Å²) in [5, 5.41) is 6.47. The van der Waals surface area contributed by atoms with Gasteiger partial charge in [-0.05, 0) is 12.1 Å². The Bertz CT molecular complexity index is 680. The summed E-state index contributed by atoms with van der Waals surface area (Å²) in [6.07, 6.45) is 0. The van der Waals surface area contributed by atoms with Crippen LogP contribution in [0, 0.1) is 5.82 Å². The number of anilines is 1.